The van der Waals surface area contributed by atoms with Gasteiger partial charge < -0.3 is 14.7 Å². The van der Waals surface area contributed by atoms with Gasteiger partial charge in [0, 0.05) is 12.1 Å². The van der Waals surface area contributed by atoms with Crippen LogP contribution in [0.3, 0.4) is 0 Å². The highest BCUT2D eigenvalue weighted by atomic mass is 35.5. The Bertz CT molecular complexity index is 655. The summed E-state index contributed by atoms with van der Waals surface area (Å²) in [6.45, 7) is 2.53. The van der Waals surface area contributed by atoms with Crippen LogP contribution in [0.4, 0.5) is 0 Å². The van der Waals surface area contributed by atoms with Gasteiger partial charge in [-0.25, -0.2) is 0 Å². The average Bonchev–Trinajstić information content (AvgIpc) is 2.51. The third kappa shape index (κ3) is 3.92. The molecule has 0 radical (unpaired) electrons. The van der Waals surface area contributed by atoms with Crippen molar-refractivity contribution in [2.24, 2.45) is 0 Å². The summed E-state index contributed by atoms with van der Waals surface area (Å²) < 4.78 is 5.56. The van der Waals surface area contributed by atoms with Crippen LogP contribution < -0.4 is 4.74 Å². The molecule has 116 valence electrons. The van der Waals surface area contributed by atoms with Crippen LogP contribution >= 0.6 is 11.6 Å². The number of phenols is 1. The van der Waals surface area contributed by atoms with E-state index in [1.54, 1.807) is 56.4 Å². The molecule has 0 aliphatic carbocycles. The minimum Gasteiger partial charge on any atom is -0.507 e. The maximum absolute atomic E-state index is 12.3. The quantitative estimate of drug-likeness (QED) is 0.917. The lowest BCUT2D eigenvalue weighted by Gasteiger charge is -2.18. The molecule has 2 rings (SSSR count). The monoisotopic (exact) mass is 319 g/mol. The molecular formula is C17H18ClNO3. The van der Waals surface area contributed by atoms with Crippen molar-refractivity contribution in [2.45, 2.75) is 6.92 Å². The van der Waals surface area contributed by atoms with E-state index in [2.05, 4.69) is 0 Å². The minimum atomic E-state index is -0.235. The van der Waals surface area contributed by atoms with Crippen LogP contribution in [0.15, 0.2) is 42.5 Å². The largest absolute Gasteiger partial charge is 0.507 e. The predicted molar refractivity (Wildman–Crippen MR) is 86.8 cm³/mol. The maximum atomic E-state index is 12.3. The number of carbonyl (C=O) groups is 1. The standard InChI is InChI=1S/C17H18ClNO3/c1-12-4-3-5-15(16(12)20)17(21)19(2)10-11-22-14-8-6-13(18)7-9-14/h3-9,20H,10-11H2,1-2H3. The molecule has 2 aromatic rings. The highest BCUT2D eigenvalue weighted by Crippen LogP contribution is 2.22. The number of aromatic hydroxyl groups is 1. The molecule has 0 unspecified atom stereocenters. The predicted octanol–water partition coefficient (Wildman–Crippen LogP) is 3.51. The zero-order valence-corrected chi connectivity index (χ0v) is 13.3. The van der Waals surface area contributed by atoms with Crippen molar-refractivity contribution in [1.82, 2.24) is 4.90 Å². The zero-order valence-electron chi connectivity index (χ0n) is 12.5. The number of amides is 1. The summed E-state index contributed by atoms with van der Waals surface area (Å²) in [5, 5.41) is 10.6. The van der Waals surface area contributed by atoms with Gasteiger partial charge >= 0.3 is 0 Å². The highest BCUT2D eigenvalue weighted by molar-refractivity contribution is 6.30. The summed E-state index contributed by atoms with van der Waals surface area (Å²) in [4.78, 5) is 13.8. The molecule has 22 heavy (non-hydrogen) atoms. The molecule has 0 bridgehead atoms. The number of carbonyl (C=O) groups excluding carboxylic acids is 1. The van der Waals surface area contributed by atoms with Gasteiger partial charge in [-0.3, -0.25) is 4.79 Å². The first kappa shape index (κ1) is 16.2. The fourth-order valence-electron chi connectivity index (χ4n) is 1.97. The van der Waals surface area contributed by atoms with Crippen molar-refractivity contribution in [2.75, 3.05) is 20.2 Å². The summed E-state index contributed by atoms with van der Waals surface area (Å²) in [6, 6.07) is 12.2. The Morgan fingerprint density at radius 2 is 1.91 bits per heavy atom. The van der Waals surface area contributed by atoms with Gasteiger partial charge in [0.1, 0.15) is 18.1 Å². The molecule has 0 saturated carbocycles. The normalized spacial score (nSPS) is 10.3. The molecule has 0 aliphatic heterocycles. The number of ether oxygens (including phenoxy) is 1. The Kier molecular flexibility index (Phi) is 5.28. The Labute approximate surface area is 134 Å². The van der Waals surface area contributed by atoms with E-state index >= 15 is 0 Å². The van der Waals surface area contributed by atoms with Crippen molar-refractivity contribution in [3.8, 4) is 11.5 Å². The molecule has 0 spiro atoms. The van der Waals surface area contributed by atoms with E-state index in [0.29, 0.717) is 35.1 Å². The molecule has 0 aliphatic rings. The zero-order chi connectivity index (χ0) is 16.1. The number of para-hydroxylation sites is 1. The molecular weight excluding hydrogens is 302 g/mol. The number of nitrogens with zero attached hydrogens (tertiary/aromatic N) is 1. The van der Waals surface area contributed by atoms with Crippen LogP contribution in [0.2, 0.25) is 5.02 Å². The van der Waals surface area contributed by atoms with E-state index in [9.17, 15) is 9.90 Å². The molecule has 5 heteroatoms. The molecule has 0 aromatic heterocycles. The molecule has 1 N–H and O–H groups in total. The summed E-state index contributed by atoms with van der Waals surface area (Å²) in [5.41, 5.74) is 0.977. The van der Waals surface area contributed by atoms with Gasteiger partial charge in [-0.2, -0.15) is 0 Å². The van der Waals surface area contributed by atoms with Crippen molar-refractivity contribution in [3.05, 3.63) is 58.6 Å². The fourth-order valence-corrected chi connectivity index (χ4v) is 2.10. The van der Waals surface area contributed by atoms with Crippen LogP contribution in [-0.4, -0.2) is 36.1 Å². The van der Waals surface area contributed by atoms with Crippen molar-refractivity contribution in [3.63, 3.8) is 0 Å². The Morgan fingerprint density at radius 3 is 2.59 bits per heavy atom. The van der Waals surface area contributed by atoms with Gasteiger partial charge in [0.15, 0.2) is 0 Å². The van der Waals surface area contributed by atoms with E-state index in [1.807, 2.05) is 0 Å². The number of hydrogen-bond acceptors (Lipinski definition) is 3. The average molecular weight is 320 g/mol. The maximum Gasteiger partial charge on any atom is 0.257 e. The smallest absolute Gasteiger partial charge is 0.257 e. The SMILES string of the molecule is Cc1cccc(C(=O)N(C)CCOc2ccc(Cl)cc2)c1O. The van der Waals surface area contributed by atoms with Crippen LogP contribution in [0.5, 0.6) is 11.5 Å². The highest BCUT2D eigenvalue weighted by Gasteiger charge is 2.16. The second-order valence-corrected chi connectivity index (χ2v) is 5.44. The topological polar surface area (TPSA) is 49.8 Å². The van der Waals surface area contributed by atoms with Gasteiger partial charge in [0.2, 0.25) is 0 Å². The Balaban J connectivity index is 1.91. The van der Waals surface area contributed by atoms with E-state index in [4.69, 9.17) is 16.3 Å². The van der Waals surface area contributed by atoms with Crippen molar-refractivity contribution >= 4 is 17.5 Å². The number of likely N-dealkylation sites (N-methyl/N-ethyl adjacent to an activating group) is 1. The first-order chi connectivity index (χ1) is 10.5. The Morgan fingerprint density at radius 1 is 1.23 bits per heavy atom. The molecule has 0 heterocycles. The Hall–Kier alpha value is -2.20. The molecule has 2 aromatic carbocycles. The molecule has 0 saturated heterocycles. The molecule has 0 fully saturated rings. The molecule has 4 nitrogen and oxygen atoms in total. The van der Waals surface area contributed by atoms with Crippen molar-refractivity contribution in [1.29, 1.82) is 0 Å². The third-order valence-corrected chi connectivity index (χ3v) is 3.58. The number of halogens is 1. The van der Waals surface area contributed by atoms with Crippen LogP contribution in [0.1, 0.15) is 15.9 Å². The summed E-state index contributed by atoms with van der Waals surface area (Å²) in [7, 11) is 1.68. The van der Waals surface area contributed by atoms with Crippen LogP contribution in [0.25, 0.3) is 0 Å². The number of hydrogen-bond donors (Lipinski definition) is 1. The number of aryl methyl sites for hydroxylation is 1. The number of rotatable bonds is 5. The lowest BCUT2D eigenvalue weighted by molar-refractivity contribution is 0.0770. The van der Waals surface area contributed by atoms with E-state index in [-0.39, 0.29) is 11.7 Å². The molecule has 1 amide bonds. The second kappa shape index (κ2) is 7.18. The fraction of sp³-hybridized carbons (Fsp3) is 0.235. The first-order valence-corrected chi connectivity index (χ1v) is 7.29. The third-order valence-electron chi connectivity index (χ3n) is 3.32. The number of phenolic OH excluding ortho intramolecular Hbond substituents is 1. The van der Waals surface area contributed by atoms with Gasteiger partial charge in [-0.15, -0.1) is 0 Å². The summed E-state index contributed by atoms with van der Waals surface area (Å²) in [6.07, 6.45) is 0. The van der Waals surface area contributed by atoms with Crippen LogP contribution in [-0.2, 0) is 0 Å². The first-order valence-electron chi connectivity index (χ1n) is 6.91. The summed E-state index contributed by atoms with van der Waals surface area (Å²) >= 11 is 5.80. The van der Waals surface area contributed by atoms with Gasteiger partial charge in [0.25, 0.3) is 5.91 Å². The van der Waals surface area contributed by atoms with Gasteiger partial charge in [-0.05, 0) is 42.8 Å². The van der Waals surface area contributed by atoms with E-state index < -0.39 is 0 Å². The van der Waals surface area contributed by atoms with Gasteiger partial charge in [0.05, 0.1) is 12.1 Å². The number of benzene rings is 2. The second-order valence-electron chi connectivity index (χ2n) is 5.00. The lowest BCUT2D eigenvalue weighted by Crippen LogP contribution is -2.31. The van der Waals surface area contributed by atoms with Gasteiger partial charge in [-0.1, -0.05) is 23.7 Å². The van der Waals surface area contributed by atoms with E-state index in [1.165, 1.54) is 4.90 Å². The lowest BCUT2D eigenvalue weighted by atomic mass is 10.1. The summed E-state index contributed by atoms with van der Waals surface area (Å²) in [5.74, 6) is 0.488. The minimum absolute atomic E-state index is 0.0259. The van der Waals surface area contributed by atoms with Crippen LogP contribution in [0, 0.1) is 6.92 Å². The molecule has 0 atom stereocenters. The van der Waals surface area contributed by atoms with E-state index in [0.717, 1.165) is 0 Å². The van der Waals surface area contributed by atoms with Crippen molar-refractivity contribution < 1.29 is 14.6 Å².